The first kappa shape index (κ1) is 44.5. The van der Waals surface area contributed by atoms with Crippen molar-refractivity contribution in [3.8, 4) is 11.5 Å². The van der Waals surface area contributed by atoms with Crippen molar-refractivity contribution in [1.82, 2.24) is 9.55 Å². The molecule has 1 saturated heterocycles. The van der Waals surface area contributed by atoms with Crippen LogP contribution in [0, 0.1) is 0 Å². The molecule has 4 aromatic carbocycles. The molecule has 2 heterocycles. The summed E-state index contributed by atoms with van der Waals surface area (Å²) >= 11 is 0. The van der Waals surface area contributed by atoms with Crippen LogP contribution in [0.3, 0.4) is 0 Å². The number of aromatic nitrogens is 2. The molecular formula is C45H53N3O10PSi+. The first-order valence-corrected chi connectivity index (χ1v) is 23.8. The average molecular weight is 855 g/mol. The molecule has 5 aromatic rings. The van der Waals surface area contributed by atoms with Gasteiger partial charge in [0, 0.05) is 16.3 Å². The lowest BCUT2D eigenvalue weighted by Gasteiger charge is -2.40. The molecule has 1 N–H and O–H groups in total. The Labute approximate surface area is 353 Å². The van der Waals surface area contributed by atoms with Gasteiger partial charge in [0.15, 0.2) is 20.6 Å². The van der Waals surface area contributed by atoms with E-state index in [9.17, 15) is 14.2 Å². The Morgan fingerprint density at radius 3 is 1.88 bits per heavy atom. The second-order valence-electron chi connectivity index (χ2n) is 15.8. The van der Waals surface area contributed by atoms with E-state index in [0.717, 1.165) is 16.7 Å². The maximum absolute atomic E-state index is 14.0. The van der Waals surface area contributed by atoms with Gasteiger partial charge in [-0.25, -0.2) is 4.79 Å². The predicted octanol–water partition coefficient (Wildman–Crippen LogP) is 8.89. The molecule has 1 aliphatic heterocycles. The van der Waals surface area contributed by atoms with E-state index >= 15 is 0 Å². The van der Waals surface area contributed by atoms with Gasteiger partial charge in [0.1, 0.15) is 41.7 Å². The first-order chi connectivity index (χ1) is 28.7. The Hall–Kier alpha value is -5.05. The number of carbonyl (C=O) groups is 1. The monoisotopic (exact) mass is 854 g/mol. The van der Waals surface area contributed by atoms with Gasteiger partial charge in [0.05, 0.1) is 20.8 Å². The molecule has 1 fully saturated rings. The number of hydrogen-bond acceptors (Lipinski definition) is 11. The number of anilines is 1. The van der Waals surface area contributed by atoms with Gasteiger partial charge in [0.25, 0.3) is 5.91 Å². The molecule has 6 rings (SSSR count). The van der Waals surface area contributed by atoms with E-state index in [2.05, 4.69) is 44.2 Å². The normalized spacial score (nSPS) is 18.5. The SMILES string of the molecule is CCO[P+](=O)O[C@H]1[C@@H](O[Si](C)(C)C(C)(C)C)[C@H](n2ccc(NC(=O)c3ccccc3)nc2=O)O[C@@H]1COC(c1ccccc1)(c1ccc(OC)cc1)c1ccc(OC)cc1. The van der Waals surface area contributed by atoms with Gasteiger partial charge in [0.2, 0.25) is 0 Å². The van der Waals surface area contributed by atoms with Crippen molar-refractivity contribution < 1.29 is 41.8 Å². The van der Waals surface area contributed by atoms with E-state index in [1.807, 2.05) is 78.9 Å². The van der Waals surface area contributed by atoms with Crippen molar-refractivity contribution in [3.63, 3.8) is 0 Å². The summed E-state index contributed by atoms with van der Waals surface area (Å²) in [6.07, 6.45) is -2.61. The second kappa shape index (κ2) is 19.1. The third kappa shape index (κ3) is 9.77. The summed E-state index contributed by atoms with van der Waals surface area (Å²) in [4.78, 5) is 31.1. The minimum absolute atomic E-state index is 0.0590. The van der Waals surface area contributed by atoms with Crippen LogP contribution in [-0.2, 0) is 33.1 Å². The van der Waals surface area contributed by atoms with E-state index < -0.39 is 58.3 Å². The highest BCUT2D eigenvalue weighted by atomic mass is 31.1. The Balaban J connectivity index is 1.45. The van der Waals surface area contributed by atoms with Gasteiger partial charge in [-0.2, -0.15) is 4.98 Å². The Morgan fingerprint density at radius 2 is 1.37 bits per heavy atom. The van der Waals surface area contributed by atoms with Gasteiger partial charge < -0.3 is 28.7 Å². The molecule has 0 spiro atoms. The average Bonchev–Trinajstić information content (AvgIpc) is 3.56. The molecule has 1 aromatic heterocycles. The van der Waals surface area contributed by atoms with Gasteiger partial charge in [-0.05, 0) is 84.2 Å². The topological polar surface area (TPSA) is 146 Å². The number of rotatable bonds is 17. The van der Waals surface area contributed by atoms with Crippen molar-refractivity contribution in [3.05, 3.63) is 154 Å². The number of ether oxygens (including phenoxy) is 4. The molecule has 1 unspecified atom stereocenters. The zero-order valence-corrected chi connectivity index (χ0v) is 37.1. The van der Waals surface area contributed by atoms with Crippen molar-refractivity contribution >= 4 is 28.3 Å². The molecule has 15 heteroatoms. The Morgan fingerprint density at radius 1 is 0.817 bits per heavy atom. The van der Waals surface area contributed by atoms with Crippen LogP contribution >= 0.6 is 8.25 Å². The summed E-state index contributed by atoms with van der Waals surface area (Å²) in [5, 5.41) is 2.42. The second-order valence-corrected chi connectivity index (χ2v) is 21.4. The van der Waals surface area contributed by atoms with Crippen molar-refractivity contribution in [2.24, 2.45) is 0 Å². The van der Waals surface area contributed by atoms with E-state index in [1.165, 1.54) is 16.8 Å². The number of hydrogen-bond donors (Lipinski definition) is 1. The molecule has 1 aliphatic rings. The molecule has 5 atom stereocenters. The maximum atomic E-state index is 14.0. The maximum Gasteiger partial charge on any atom is 0.697 e. The van der Waals surface area contributed by atoms with Gasteiger partial charge >= 0.3 is 13.9 Å². The minimum atomic E-state index is -2.66. The van der Waals surface area contributed by atoms with E-state index in [1.54, 1.807) is 51.5 Å². The van der Waals surface area contributed by atoms with Crippen LogP contribution in [0.5, 0.6) is 11.5 Å². The van der Waals surface area contributed by atoms with Gasteiger partial charge in [-0.1, -0.05) is 93.6 Å². The summed E-state index contributed by atoms with van der Waals surface area (Å²) in [6, 6.07) is 35.2. The van der Waals surface area contributed by atoms with E-state index in [-0.39, 0.29) is 24.1 Å². The number of amides is 1. The third-order valence-electron chi connectivity index (χ3n) is 11.0. The first-order valence-electron chi connectivity index (χ1n) is 19.7. The number of carbonyl (C=O) groups excluding carboxylic acids is 1. The van der Waals surface area contributed by atoms with Gasteiger partial charge in [-0.3, -0.25) is 9.36 Å². The molecule has 0 radical (unpaired) electrons. The van der Waals surface area contributed by atoms with Crippen LogP contribution in [0.25, 0.3) is 0 Å². The van der Waals surface area contributed by atoms with Crippen molar-refractivity contribution in [2.45, 2.75) is 76.0 Å². The highest BCUT2D eigenvalue weighted by molar-refractivity contribution is 7.33. The highest BCUT2D eigenvalue weighted by Gasteiger charge is 2.56. The molecule has 1 amide bonds. The van der Waals surface area contributed by atoms with Crippen LogP contribution in [0.15, 0.2) is 126 Å². The lowest BCUT2D eigenvalue weighted by atomic mass is 9.80. The smallest absolute Gasteiger partial charge is 0.497 e. The summed E-state index contributed by atoms with van der Waals surface area (Å²) in [5.41, 5.74) is 0.854. The van der Waals surface area contributed by atoms with Crippen molar-refractivity contribution in [2.75, 3.05) is 32.8 Å². The lowest BCUT2D eigenvalue weighted by molar-refractivity contribution is -0.0939. The largest absolute Gasteiger partial charge is 0.697 e. The zero-order valence-electron chi connectivity index (χ0n) is 35.2. The summed E-state index contributed by atoms with van der Waals surface area (Å²) in [7, 11) is -2.10. The van der Waals surface area contributed by atoms with Crippen LogP contribution in [0.2, 0.25) is 18.1 Å². The van der Waals surface area contributed by atoms with Crippen LogP contribution in [0.4, 0.5) is 5.82 Å². The highest BCUT2D eigenvalue weighted by Crippen LogP contribution is 2.47. The quantitative estimate of drug-likeness (QED) is 0.0544. The number of nitrogens with one attached hydrogen (secondary N) is 1. The third-order valence-corrected chi connectivity index (χ3v) is 16.3. The summed E-state index contributed by atoms with van der Waals surface area (Å²) < 4.78 is 58.6. The summed E-state index contributed by atoms with van der Waals surface area (Å²) in [6.45, 7) is 12.1. The summed E-state index contributed by atoms with van der Waals surface area (Å²) in [5.74, 6) is 0.975. The number of methoxy groups -OCH3 is 2. The standard InChI is InChI=1S/C45H52N3O10PSi/c1-9-55-59(51)57-39-37(30-54-45(32-18-14-11-15-19-32,33-20-24-35(52-5)25-21-33)34-22-26-36(53-6)27-23-34)56-42(40(39)58-60(7,8)44(2,3)4)48-29-28-38(47-43(48)50)46-41(49)31-16-12-10-13-17-31/h10-29,37,39-40,42H,9,30H2,1-8H3/p+1/t37-,39-,40-,42-/m1/s1. The van der Waals surface area contributed by atoms with E-state index in [0.29, 0.717) is 17.1 Å². The predicted molar refractivity (Wildman–Crippen MR) is 231 cm³/mol. The molecular weight excluding hydrogens is 802 g/mol. The van der Waals surface area contributed by atoms with E-state index in [4.69, 9.17) is 32.4 Å². The molecule has 0 aliphatic carbocycles. The molecule has 13 nitrogen and oxygen atoms in total. The molecule has 316 valence electrons. The van der Waals surface area contributed by atoms with Crippen LogP contribution in [-0.4, -0.2) is 69.5 Å². The van der Waals surface area contributed by atoms with Crippen LogP contribution in [0.1, 0.15) is 61.0 Å². The number of nitrogens with zero attached hydrogens (tertiary/aromatic N) is 2. The molecule has 0 saturated carbocycles. The Bertz CT molecular complexity index is 2220. The van der Waals surface area contributed by atoms with Crippen LogP contribution < -0.4 is 20.5 Å². The molecule has 60 heavy (non-hydrogen) atoms. The fourth-order valence-corrected chi connectivity index (χ4v) is 8.82. The minimum Gasteiger partial charge on any atom is -0.497 e. The number of benzene rings is 4. The fraction of sp³-hybridized carbons (Fsp3) is 0.356. The molecule has 0 bridgehead atoms. The van der Waals surface area contributed by atoms with Crippen molar-refractivity contribution in [1.29, 1.82) is 0 Å². The zero-order chi connectivity index (χ0) is 43.1. The van der Waals surface area contributed by atoms with Gasteiger partial charge in [-0.15, -0.1) is 9.05 Å². The fourth-order valence-electron chi connectivity index (χ4n) is 6.81. The lowest BCUT2D eigenvalue weighted by Crippen LogP contribution is -2.50. The Kier molecular flexibility index (Phi) is 14.2.